The first-order chi connectivity index (χ1) is 7.97. The summed E-state index contributed by atoms with van der Waals surface area (Å²) in [7, 11) is 0. The number of imidazole rings is 1. The molecular weight excluding hydrogens is 273 g/mol. The number of rotatable bonds is 2. The second kappa shape index (κ2) is 5.57. The number of hydrogen-bond acceptors (Lipinski definition) is 3. The Kier molecular flexibility index (Phi) is 4.58. The Morgan fingerprint density at radius 2 is 2.28 bits per heavy atom. The fraction of sp³-hybridized carbons (Fsp3) is 0.556. The number of H-pyrrole nitrogens is 1. The fourth-order valence-corrected chi connectivity index (χ4v) is 1.73. The summed E-state index contributed by atoms with van der Waals surface area (Å²) in [6.45, 7) is -0.803. The lowest BCUT2D eigenvalue weighted by Crippen LogP contribution is -2.44. The molecule has 5 nitrogen and oxygen atoms in total. The van der Waals surface area contributed by atoms with Crippen molar-refractivity contribution in [1.29, 1.82) is 0 Å². The number of carbonyl (C=O) groups is 1. The van der Waals surface area contributed by atoms with Crippen LogP contribution in [0, 0.1) is 0 Å². The van der Waals surface area contributed by atoms with Crippen molar-refractivity contribution in [1.82, 2.24) is 20.6 Å². The van der Waals surface area contributed by atoms with Crippen LogP contribution < -0.4 is 10.6 Å². The Labute approximate surface area is 107 Å². The maximum Gasteiger partial charge on any atom is 0.405 e. The average molecular weight is 285 g/mol. The topological polar surface area (TPSA) is 69.8 Å². The lowest BCUT2D eigenvalue weighted by molar-refractivity contribution is -0.139. The Morgan fingerprint density at radius 1 is 1.56 bits per heavy atom. The van der Waals surface area contributed by atoms with E-state index in [2.05, 4.69) is 15.3 Å². The predicted octanol–water partition coefficient (Wildman–Crippen LogP) is 0.697. The van der Waals surface area contributed by atoms with Crippen molar-refractivity contribution in [3.8, 4) is 0 Å². The van der Waals surface area contributed by atoms with Crippen LogP contribution in [-0.4, -0.2) is 35.1 Å². The van der Waals surface area contributed by atoms with Gasteiger partial charge in [0.2, 0.25) is 5.91 Å². The molecule has 1 aromatic rings. The number of alkyl halides is 3. The van der Waals surface area contributed by atoms with Crippen LogP contribution in [0.15, 0.2) is 6.33 Å². The summed E-state index contributed by atoms with van der Waals surface area (Å²) >= 11 is 0. The molecule has 1 atom stereocenters. The van der Waals surface area contributed by atoms with Gasteiger partial charge in [-0.15, -0.1) is 12.4 Å². The van der Waals surface area contributed by atoms with Gasteiger partial charge in [-0.3, -0.25) is 4.79 Å². The number of hydrogen-bond donors (Lipinski definition) is 3. The largest absolute Gasteiger partial charge is 0.405 e. The molecule has 1 aliphatic rings. The zero-order chi connectivity index (χ0) is 12.5. The van der Waals surface area contributed by atoms with Gasteiger partial charge in [0.25, 0.3) is 0 Å². The smallest absolute Gasteiger partial charge is 0.348 e. The lowest BCUT2D eigenvalue weighted by Gasteiger charge is -2.22. The molecule has 1 aliphatic heterocycles. The number of halogens is 4. The van der Waals surface area contributed by atoms with Gasteiger partial charge in [0.05, 0.1) is 12.0 Å². The van der Waals surface area contributed by atoms with E-state index in [4.69, 9.17) is 0 Å². The van der Waals surface area contributed by atoms with Gasteiger partial charge >= 0.3 is 6.18 Å². The van der Waals surface area contributed by atoms with Crippen LogP contribution in [0.5, 0.6) is 0 Å². The molecule has 1 aromatic heterocycles. The van der Waals surface area contributed by atoms with E-state index in [1.54, 1.807) is 0 Å². The second-order valence-corrected chi connectivity index (χ2v) is 3.74. The molecule has 2 heterocycles. The van der Waals surface area contributed by atoms with E-state index < -0.39 is 24.7 Å². The highest BCUT2D eigenvalue weighted by Crippen LogP contribution is 2.20. The monoisotopic (exact) mass is 284 g/mol. The van der Waals surface area contributed by atoms with Gasteiger partial charge in [0, 0.05) is 18.7 Å². The fourth-order valence-electron chi connectivity index (χ4n) is 1.73. The third-order valence-electron chi connectivity index (χ3n) is 2.47. The first-order valence-electron chi connectivity index (χ1n) is 5.07. The summed E-state index contributed by atoms with van der Waals surface area (Å²) in [4.78, 5) is 18.4. The van der Waals surface area contributed by atoms with Gasteiger partial charge < -0.3 is 15.6 Å². The van der Waals surface area contributed by atoms with Gasteiger partial charge in [0.1, 0.15) is 12.6 Å². The molecule has 0 fully saturated rings. The molecular formula is C9H12ClF3N4O. The second-order valence-electron chi connectivity index (χ2n) is 3.74. The highest BCUT2D eigenvalue weighted by atomic mass is 35.5. The van der Waals surface area contributed by atoms with E-state index in [9.17, 15) is 18.0 Å². The van der Waals surface area contributed by atoms with E-state index >= 15 is 0 Å². The van der Waals surface area contributed by atoms with Crippen LogP contribution in [-0.2, 0) is 11.2 Å². The van der Waals surface area contributed by atoms with E-state index in [1.807, 2.05) is 5.32 Å². The Hall–Kier alpha value is -1.28. The van der Waals surface area contributed by atoms with E-state index in [1.165, 1.54) is 6.33 Å². The summed E-state index contributed by atoms with van der Waals surface area (Å²) in [5.41, 5.74) is 1.26. The Bertz CT molecular complexity index is 420. The first kappa shape index (κ1) is 14.8. The van der Waals surface area contributed by atoms with E-state index in [0.717, 1.165) is 5.69 Å². The van der Waals surface area contributed by atoms with Crippen molar-refractivity contribution >= 4 is 18.3 Å². The molecule has 0 saturated carbocycles. The summed E-state index contributed by atoms with van der Waals surface area (Å²) in [6, 6.07) is -0.813. The SMILES string of the molecule is Cl.O=C(NCC(F)(F)F)C1NCCc2[nH]cnc21. The van der Waals surface area contributed by atoms with Crippen LogP contribution in [0.25, 0.3) is 0 Å². The van der Waals surface area contributed by atoms with E-state index in [0.29, 0.717) is 18.7 Å². The van der Waals surface area contributed by atoms with Gasteiger partial charge in [-0.25, -0.2) is 4.98 Å². The maximum atomic E-state index is 12.0. The molecule has 2 rings (SSSR count). The molecule has 0 saturated heterocycles. The summed E-state index contributed by atoms with van der Waals surface area (Å²) in [6.07, 6.45) is -2.29. The molecule has 1 unspecified atom stereocenters. The highest BCUT2D eigenvalue weighted by Gasteiger charge is 2.32. The van der Waals surface area contributed by atoms with Crippen molar-refractivity contribution in [2.75, 3.05) is 13.1 Å². The van der Waals surface area contributed by atoms with Crippen LogP contribution in [0.4, 0.5) is 13.2 Å². The quantitative estimate of drug-likeness (QED) is 0.749. The van der Waals surface area contributed by atoms with Crippen LogP contribution in [0.2, 0.25) is 0 Å². The number of fused-ring (bicyclic) bond motifs is 1. The number of nitrogens with zero attached hydrogens (tertiary/aromatic N) is 1. The molecule has 9 heteroatoms. The van der Waals surface area contributed by atoms with Gasteiger partial charge in [-0.1, -0.05) is 0 Å². The zero-order valence-corrected chi connectivity index (χ0v) is 9.99. The molecule has 0 aromatic carbocycles. The number of amides is 1. The highest BCUT2D eigenvalue weighted by molar-refractivity contribution is 5.85. The molecule has 3 N–H and O–H groups in total. The average Bonchev–Trinajstić information content (AvgIpc) is 2.72. The maximum absolute atomic E-state index is 12.0. The minimum absolute atomic E-state index is 0. The third-order valence-corrected chi connectivity index (χ3v) is 2.47. The predicted molar refractivity (Wildman–Crippen MR) is 59.3 cm³/mol. The van der Waals surface area contributed by atoms with Gasteiger partial charge in [-0.05, 0) is 0 Å². The molecule has 0 radical (unpaired) electrons. The summed E-state index contributed by atoms with van der Waals surface area (Å²) < 4.78 is 35.9. The van der Waals surface area contributed by atoms with Crippen LogP contribution >= 0.6 is 12.4 Å². The van der Waals surface area contributed by atoms with Crippen molar-refractivity contribution < 1.29 is 18.0 Å². The Balaban J connectivity index is 0.00000162. The Morgan fingerprint density at radius 3 is 2.94 bits per heavy atom. The van der Waals surface area contributed by atoms with Crippen LogP contribution in [0.1, 0.15) is 17.4 Å². The number of aromatic amines is 1. The lowest BCUT2D eigenvalue weighted by atomic mass is 10.1. The zero-order valence-electron chi connectivity index (χ0n) is 9.17. The minimum atomic E-state index is -4.40. The molecule has 0 spiro atoms. The van der Waals surface area contributed by atoms with Crippen molar-refractivity contribution in [2.24, 2.45) is 0 Å². The molecule has 102 valence electrons. The third kappa shape index (κ3) is 3.36. The summed E-state index contributed by atoms with van der Waals surface area (Å²) in [5, 5.41) is 4.68. The molecule has 18 heavy (non-hydrogen) atoms. The van der Waals surface area contributed by atoms with Gasteiger partial charge in [-0.2, -0.15) is 13.2 Å². The normalized spacial score (nSPS) is 18.7. The molecule has 0 aliphatic carbocycles. The van der Waals surface area contributed by atoms with Crippen molar-refractivity contribution in [3.63, 3.8) is 0 Å². The number of aromatic nitrogens is 2. The van der Waals surface area contributed by atoms with Crippen molar-refractivity contribution in [2.45, 2.75) is 18.6 Å². The van der Waals surface area contributed by atoms with Gasteiger partial charge in [0.15, 0.2) is 0 Å². The number of carbonyl (C=O) groups excluding carboxylic acids is 1. The minimum Gasteiger partial charge on any atom is -0.348 e. The molecule has 0 bridgehead atoms. The van der Waals surface area contributed by atoms with Crippen molar-refractivity contribution in [3.05, 3.63) is 17.7 Å². The first-order valence-corrected chi connectivity index (χ1v) is 5.07. The standard InChI is InChI=1S/C9H11F3N4O.ClH/c10-9(11,12)3-14-8(17)7-6-5(1-2-13-7)15-4-16-6;/h4,7,13H,1-3H2,(H,14,17)(H,15,16);1H. The van der Waals surface area contributed by atoms with E-state index in [-0.39, 0.29) is 12.4 Å². The van der Waals surface area contributed by atoms with Crippen LogP contribution in [0.3, 0.4) is 0 Å². The summed E-state index contributed by atoms with van der Waals surface area (Å²) in [5.74, 6) is -0.713. The molecule has 1 amide bonds. The number of nitrogens with one attached hydrogen (secondary N) is 3.